The van der Waals surface area contributed by atoms with Gasteiger partial charge in [0, 0.05) is 12.1 Å². The zero-order valence-corrected chi connectivity index (χ0v) is 11.0. The van der Waals surface area contributed by atoms with Crippen LogP contribution in [0.2, 0.25) is 0 Å². The number of hydrogen-bond acceptors (Lipinski definition) is 2. The molecule has 0 aromatic carbocycles. The lowest BCUT2D eigenvalue weighted by Crippen LogP contribution is -2.49. The predicted octanol–water partition coefficient (Wildman–Crippen LogP) is 2.77. The Balaban J connectivity index is 1.86. The molecule has 2 atom stereocenters. The second-order valence-electron chi connectivity index (χ2n) is 6.03. The molecule has 1 saturated carbocycles. The summed E-state index contributed by atoms with van der Waals surface area (Å²) < 4.78 is 0. The van der Waals surface area contributed by atoms with Crippen LogP contribution in [0.25, 0.3) is 0 Å². The topological polar surface area (TPSA) is 29.3 Å². The van der Waals surface area contributed by atoms with Gasteiger partial charge in [0.05, 0.1) is 0 Å². The summed E-state index contributed by atoms with van der Waals surface area (Å²) in [4.78, 5) is 2.68. The fourth-order valence-electron chi connectivity index (χ4n) is 3.80. The third-order valence-corrected chi connectivity index (χ3v) is 5.10. The molecule has 2 fully saturated rings. The number of piperidine rings is 1. The van der Waals surface area contributed by atoms with Crippen molar-refractivity contribution in [2.45, 2.75) is 70.9 Å². The molecule has 1 saturated heterocycles. The Labute approximate surface area is 101 Å². The van der Waals surface area contributed by atoms with Gasteiger partial charge < -0.3 is 10.6 Å². The highest BCUT2D eigenvalue weighted by molar-refractivity contribution is 4.98. The second kappa shape index (κ2) is 5.05. The van der Waals surface area contributed by atoms with E-state index in [1.54, 1.807) is 0 Å². The normalized spacial score (nSPS) is 32.1. The quantitative estimate of drug-likeness (QED) is 0.798. The first-order valence-electron chi connectivity index (χ1n) is 7.17. The van der Waals surface area contributed by atoms with Crippen LogP contribution in [0.4, 0.5) is 0 Å². The molecular formula is C14H28N2. The molecule has 2 nitrogen and oxygen atoms in total. The summed E-state index contributed by atoms with van der Waals surface area (Å²) in [6.07, 6.45) is 9.38. The van der Waals surface area contributed by atoms with Crippen LogP contribution in [-0.4, -0.2) is 30.1 Å². The molecule has 0 aromatic rings. The fourth-order valence-corrected chi connectivity index (χ4v) is 3.80. The second-order valence-corrected chi connectivity index (χ2v) is 6.03. The number of nitrogens with zero attached hydrogens (tertiary/aromatic N) is 1. The molecule has 1 aliphatic carbocycles. The molecule has 1 spiro atoms. The Kier molecular flexibility index (Phi) is 3.91. The molecule has 2 rings (SSSR count). The summed E-state index contributed by atoms with van der Waals surface area (Å²) in [6.45, 7) is 7.24. The molecule has 0 aromatic heterocycles. The highest BCUT2D eigenvalue weighted by Gasteiger charge is 2.43. The monoisotopic (exact) mass is 224 g/mol. The van der Waals surface area contributed by atoms with Gasteiger partial charge in [0.25, 0.3) is 0 Å². The van der Waals surface area contributed by atoms with Crippen molar-refractivity contribution >= 4 is 0 Å². The van der Waals surface area contributed by atoms with Crippen molar-refractivity contribution in [3.63, 3.8) is 0 Å². The van der Waals surface area contributed by atoms with E-state index < -0.39 is 0 Å². The van der Waals surface area contributed by atoms with Gasteiger partial charge in [-0.15, -0.1) is 0 Å². The van der Waals surface area contributed by atoms with Gasteiger partial charge in [0.1, 0.15) is 0 Å². The van der Waals surface area contributed by atoms with Crippen LogP contribution < -0.4 is 5.73 Å². The van der Waals surface area contributed by atoms with Gasteiger partial charge in [-0.25, -0.2) is 0 Å². The Hall–Kier alpha value is -0.0800. The van der Waals surface area contributed by atoms with Crippen LogP contribution in [0.3, 0.4) is 0 Å². The van der Waals surface area contributed by atoms with Crippen molar-refractivity contribution in [3.8, 4) is 0 Å². The van der Waals surface area contributed by atoms with Crippen LogP contribution in [0.1, 0.15) is 58.8 Å². The first kappa shape index (κ1) is 12.4. The lowest BCUT2D eigenvalue weighted by molar-refractivity contribution is 0.0682. The largest absolute Gasteiger partial charge is 0.327 e. The number of rotatable bonds is 3. The molecule has 0 bridgehead atoms. The highest BCUT2D eigenvalue weighted by Crippen LogP contribution is 2.45. The zero-order valence-electron chi connectivity index (χ0n) is 11.0. The van der Waals surface area contributed by atoms with Gasteiger partial charge in [-0.2, -0.15) is 0 Å². The van der Waals surface area contributed by atoms with E-state index in [1.165, 1.54) is 58.0 Å². The summed E-state index contributed by atoms with van der Waals surface area (Å²) in [6, 6.07) is 1.27. The van der Waals surface area contributed by atoms with Crippen molar-refractivity contribution in [1.29, 1.82) is 0 Å². The van der Waals surface area contributed by atoms with Gasteiger partial charge in [0.2, 0.25) is 0 Å². The summed E-state index contributed by atoms with van der Waals surface area (Å²) in [5.74, 6) is 0. The van der Waals surface area contributed by atoms with Gasteiger partial charge >= 0.3 is 0 Å². The van der Waals surface area contributed by atoms with Crippen LogP contribution in [-0.2, 0) is 0 Å². The lowest BCUT2D eigenvalue weighted by atomic mass is 9.74. The van der Waals surface area contributed by atoms with E-state index in [1.807, 2.05) is 0 Å². The van der Waals surface area contributed by atoms with Gasteiger partial charge in [-0.05, 0) is 57.5 Å². The summed E-state index contributed by atoms with van der Waals surface area (Å²) in [7, 11) is 0. The van der Waals surface area contributed by atoms with Gasteiger partial charge in [0.15, 0.2) is 0 Å². The van der Waals surface area contributed by atoms with Crippen molar-refractivity contribution < 1.29 is 0 Å². The minimum atomic E-state index is 0.496. The van der Waals surface area contributed by atoms with Crippen LogP contribution >= 0.6 is 0 Å². The molecule has 1 heterocycles. The molecule has 2 heteroatoms. The van der Waals surface area contributed by atoms with Crippen molar-refractivity contribution in [1.82, 2.24) is 4.90 Å². The maximum atomic E-state index is 6.31. The average Bonchev–Trinajstić information content (AvgIpc) is 2.62. The summed E-state index contributed by atoms with van der Waals surface area (Å²) >= 11 is 0. The summed E-state index contributed by atoms with van der Waals surface area (Å²) in [5.41, 5.74) is 6.84. The Morgan fingerprint density at radius 2 is 2.00 bits per heavy atom. The molecule has 1 aliphatic heterocycles. The van der Waals surface area contributed by atoms with E-state index in [0.29, 0.717) is 11.5 Å². The van der Waals surface area contributed by atoms with E-state index in [4.69, 9.17) is 5.73 Å². The first-order chi connectivity index (χ1) is 7.68. The van der Waals surface area contributed by atoms with E-state index >= 15 is 0 Å². The van der Waals surface area contributed by atoms with Crippen molar-refractivity contribution in [2.75, 3.05) is 13.1 Å². The van der Waals surface area contributed by atoms with Gasteiger partial charge in [-0.1, -0.05) is 19.8 Å². The van der Waals surface area contributed by atoms with E-state index in [2.05, 4.69) is 18.7 Å². The Morgan fingerprint density at radius 1 is 1.31 bits per heavy atom. The SMILES string of the molecule is CCCC(C)N1CCC2(CCC[C@@H]2N)CC1. The molecule has 0 amide bonds. The third-order valence-electron chi connectivity index (χ3n) is 5.10. The van der Waals surface area contributed by atoms with Crippen LogP contribution in [0.15, 0.2) is 0 Å². The molecule has 2 N–H and O–H groups in total. The summed E-state index contributed by atoms with van der Waals surface area (Å²) in [5, 5.41) is 0. The van der Waals surface area contributed by atoms with Crippen molar-refractivity contribution in [3.05, 3.63) is 0 Å². The minimum Gasteiger partial charge on any atom is -0.327 e. The van der Waals surface area contributed by atoms with Crippen molar-refractivity contribution in [2.24, 2.45) is 11.1 Å². The molecule has 0 radical (unpaired) electrons. The minimum absolute atomic E-state index is 0.496. The Bertz CT molecular complexity index is 219. The van der Waals surface area contributed by atoms with Crippen LogP contribution in [0.5, 0.6) is 0 Å². The highest BCUT2D eigenvalue weighted by atomic mass is 15.2. The fraction of sp³-hybridized carbons (Fsp3) is 1.00. The third kappa shape index (κ3) is 2.28. The van der Waals surface area contributed by atoms with E-state index in [0.717, 1.165) is 6.04 Å². The van der Waals surface area contributed by atoms with E-state index in [9.17, 15) is 0 Å². The molecule has 16 heavy (non-hydrogen) atoms. The maximum absolute atomic E-state index is 6.31. The molecule has 2 aliphatic rings. The molecule has 1 unspecified atom stereocenters. The molecule has 94 valence electrons. The smallest absolute Gasteiger partial charge is 0.00965 e. The number of nitrogens with two attached hydrogens (primary N) is 1. The Morgan fingerprint density at radius 3 is 2.50 bits per heavy atom. The number of likely N-dealkylation sites (tertiary alicyclic amines) is 1. The standard InChI is InChI=1S/C14H28N2/c1-3-5-12(2)16-10-8-14(9-11-16)7-4-6-13(14)15/h12-13H,3-11,15H2,1-2H3/t12?,13-/m0/s1. The lowest BCUT2D eigenvalue weighted by Gasteiger charge is -2.44. The predicted molar refractivity (Wildman–Crippen MR) is 69.4 cm³/mol. The first-order valence-corrected chi connectivity index (χ1v) is 7.17. The average molecular weight is 224 g/mol. The van der Waals surface area contributed by atoms with Crippen LogP contribution in [0, 0.1) is 5.41 Å². The van der Waals surface area contributed by atoms with Gasteiger partial charge in [-0.3, -0.25) is 0 Å². The maximum Gasteiger partial charge on any atom is 0.00965 e. The zero-order chi connectivity index (χ0) is 11.6. The molecular weight excluding hydrogens is 196 g/mol. The number of hydrogen-bond donors (Lipinski definition) is 1. The van der Waals surface area contributed by atoms with E-state index in [-0.39, 0.29) is 0 Å².